The molecule has 0 bridgehead atoms. The van der Waals surface area contributed by atoms with Crippen molar-refractivity contribution in [1.82, 2.24) is 4.90 Å². The van der Waals surface area contributed by atoms with E-state index >= 15 is 0 Å². The molecule has 3 nitrogen and oxygen atoms in total. The van der Waals surface area contributed by atoms with E-state index in [1.165, 1.54) is 70.6 Å². The van der Waals surface area contributed by atoms with Crippen LogP contribution in [0.3, 0.4) is 0 Å². The van der Waals surface area contributed by atoms with E-state index in [4.69, 9.17) is 4.74 Å². The maximum Gasteiger partial charge on any atom is 0.409 e. The zero-order valence-electron chi connectivity index (χ0n) is 18.0. The minimum atomic E-state index is -0.161. The Kier molecular flexibility index (Phi) is 15.1. The molecule has 0 saturated carbocycles. The Morgan fingerprint density at radius 3 is 1.80 bits per heavy atom. The summed E-state index contributed by atoms with van der Waals surface area (Å²) in [5.41, 5.74) is 0. The van der Waals surface area contributed by atoms with Crippen LogP contribution < -0.4 is 0 Å². The quantitative estimate of drug-likeness (QED) is 0.295. The molecule has 0 N–H and O–H groups in total. The third-order valence-electron chi connectivity index (χ3n) is 5.01. The van der Waals surface area contributed by atoms with Gasteiger partial charge >= 0.3 is 6.09 Å². The lowest BCUT2D eigenvalue weighted by molar-refractivity contribution is 0.0407. The maximum absolute atomic E-state index is 12.3. The number of carbonyl (C=O) groups is 1. The Morgan fingerprint density at radius 1 is 0.840 bits per heavy atom. The van der Waals surface area contributed by atoms with E-state index in [1.54, 1.807) is 4.90 Å². The van der Waals surface area contributed by atoms with Gasteiger partial charge in [0.15, 0.2) is 0 Å². The number of ether oxygens (including phenoxy) is 1. The Morgan fingerprint density at radius 2 is 1.32 bits per heavy atom. The number of rotatable bonds is 15. The van der Waals surface area contributed by atoms with E-state index < -0.39 is 0 Å². The Balaban J connectivity index is 4.40. The van der Waals surface area contributed by atoms with Gasteiger partial charge in [0, 0.05) is 13.6 Å². The van der Waals surface area contributed by atoms with E-state index in [0.29, 0.717) is 11.8 Å². The van der Waals surface area contributed by atoms with Gasteiger partial charge in [0.25, 0.3) is 0 Å². The first kappa shape index (κ1) is 24.3. The van der Waals surface area contributed by atoms with Crippen LogP contribution in [0.25, 0.3) is 0 Å². The van der Waals surface area contributed by atoms with E-state index in [1.807, 2.05) is 7.05 Å². The summed E-state index contributed by atoms with van der Waals surface area (Å²) >= 11 is 0. The molecule has 0 aliphatic heterocycles. The lowest BCUT2D eigenvalue weighted by Crippen LogP contribution is -2.35. The van der Waals surface area contributed by atoms with Crippen molar-refractivity contribution >= 4 is 6.09 Å². The number of hydrogen-bond acceptors (Lipinski definition) is 2. The molecule has 25 heavy (non-hydrogen) atoms. The maximum atomic E-state index is 12.3. The van der Waals surface area contributed by atoms with Crippen LogP contribution in [0.2, 0.25) is 0 Å². The van der Waals surface area contributed by atoms with Gasteiger partial charge in [-0.25, -0.2) is 4.79 Å². The van der Waals surface area contributed by atoms with Crippen LogP contribution in [0.1, 0.15) is 105 Å². The molecule has 0 aromatic carbocycles. The van der Waals surface area contributed by atoms with Gasteiger partial charge in [0.1, 0.15) is 6.10 Å². The van der Waals surface area contributed by atoms with Crippen LogP contribution in [-0.4, -0.2) is 30.7 Å². The van der Waals surface area contributed by atoms with Gasteiger partial charge in [-0.2, -0.15) is 0 Å². The largest absolute Gasteiger partial charge is 0.446 e. The van der Waals surface area contributed by atoms with Gasteiger partial charge in [-0.05, 0) is 31.6 Å². The summed E-state index contributed by atoms with van der Waals surface area (Å²) in [6.07, 6.45) is 13.9. The minimum Gasteiger partial charge on any atom is -0.446 e. The van der Waals surface area contributed by atoms with Gasteiger partial charge in [-0.3, -0.25) is 0 Å². The average molecular weight is 356 g/mol. The molecular weight excluding hydrogens is 310 g/mol. The van der Waals surface area contributed by atoms with Crippen LogP contribution in [0.15, 0.2) is 0 Å². The zero-order chi connectivity index (χ0) is 19.1. The molecule has 0 heterocycles. The highest BCUT2D eigenvalue weighted by Gasteiger charge is 2.22. The molecule has 3 heteroatoms. The first-order valence-corrected chi connectivity index (χ1v) is 10.8. The summed E-state index contributed by atoms with van der Waals surface area (Å²) in [4.78, 5) is 14.0. The van der Waals surface area contributed by atoms with E-state index in [2.05, 4.69) is 34.6 Å². The zero-order valence-corrected chi connectivity index (χ0v) is 18.0. The van der Waals surface area contributed by atoms with Crippen LogP contribution in [0, 0.1) is 11.8 Å². The molecule has 0 saturated heterocycles. The van der Waals surface area contributed by atoms with Crippen molar-refractivity contribution in [3.05, 3.63) is 0 Å². The third-order valence-corrected chi connectivity index (χ3v) is 5.01. The monoisotopic (exact) mass is 355 g/mol. The third kappa shape index (κ3) is 13.2. The molecule has 0 rings (SSSR count). The predicted molar refractivity (Wildman–Crippen MR) is 109 cm³/mol. The number of unbranched alkanes of at least 4 members (excludes halogenated alkanes) is 7. The summed E-state index contributed by atoms with van der Waals surface area (Å²) in [5, 5.41) is 0. The number of carbonyl (C=O) groups excluding carboxylic acids is 1. The van der Waals surface area contributed by atoms with Crippen molar-refractivity contribution in [3.8, 4) is 0 Å². The SMILES string of the molecule is CCCCCCCC(CCCCCC)C(C)OC(=O)N(C)CC(C)C. The second-order valence-corrected chi connectivity index (χ2v) is 8.18. The summed E-state index contributed by atoms with van der Waals surface area (Å²) in [7, 11) is 1.84. The second-order valence-electron chi connectivity index (χ2n) is 8.18. The van der Waals surface area contributed by atoms with Crippen molar-refractivity contribution in [1.29, 1.82) is 0 Å². The van der Waals surface area contributed by atoms with Crippen molar-refractivity contribution in [2.24, 2.45) is 11.8 Å². The normalized spacial score (nSPS) is 13.7. The van der Waals surface area contributed by atoms with E-state index in [0.717, 1.165) is 6.54 Å². The van der Waals surface area contributed by atoms with Crippen molar-refractivity contribution in [2.45, 2.75) is 111 Å². The molecular formula is C22H45NO2. The fraction of sp³-hybridized carbons (Fsp3) is 0.955. The highest BCUT2D eigenvalue weighted by atomic mass is 16.6. The van der Waals surface area contributed by atoms with Crippen LogP contribution in [-0.2, 0) is 4.74 Å². The number of nitrogens with zero attached hydrogens (tertiary/aromatic N) is 1. The molecule has 1 amide bonds. The summed E-state index contributed by atoms with van der Waals surface area (Å²) in [6.45, 7) is 11.6. The topological polar surface area (TPSA) is 29.5 Å². The van der Waals surface area contributed by atoms with E-state index in [9.17, 15) is 4.79 Å². The summed E-state index contributed by atoms with van der Waals surface area (Å²) < 4.78 is 5.80. The molecule has 0 aromatic heterocycles. The molecule has 0 aliphatic rings. The van der Waals surface area contributed by atoms with Crippen LogP contribution >= 0.6 is 0 Å². The fourth-order valence-corrected chi connectivity index (χ4v) is 3.42. The van der Waals surface area contributed by atoms with Crippen LogP contribution in [0.5, 0.6) is 0 Å². The Labute approximate surface area is 157 Å². The highest BCUT2D eigenvalue weighted by molar-refractivity contribution is 5.67. The fourth-order valence-electron chi connectivity index (χ4n) is 3.42. The molecule has 150 valence electrons. The summed E-state index contributed by atoms with van der Waals surface area (Å²) in [5.74, 6) is 0.978. The lowest BCUT2D eigenvalue weighted by Gasteiger charge is -2.27. The highest BCUT2D eigenvalue weighted by Crippen LogP contribution is 2.24. The van der Waals surface area contributed by atoms with Gasteiger partial charge < -0.3 is 9.64 Å². The van der Waals surface area contributed by atoms with Crippen molar-refractivity contribution in [3.63, 3.8) is 0 Å². The van der Waals surface area contributed by atoms with Crippen molar-refractivity contribution < 1.29 is 9.53 Å². The van der Waals surface area contributed by atoms with Gasteiger partial charge in [0.2, 0.25) is 0 Å². The molecule has 0 aliphatic carbocycles. The first-order chi connectivity index (χ1) is 11.9. The van der Waals surface area contributed by atoms with Crippen LogP contribution in [0.4, 0.5) is 4.79 Å². The number of hydrogen-bond donors (Lipinski definition) is 0. The molecule has 0 fully saturated rings. The molecule has 0 spiro atoms. The smallest absolute Gasteiger partial charge is 0.409 e. The molecule has 0 radical (unpaired) electrons. The Bertz CT molecular complexity index is 317. The second kappa shape index (κ2) is 15.5. The molecule has 0 aromatic rings. The first-order valence-electron chi connectivity index (χ1n) is 10.8. The minimum absolute atomic E-state index is 0.0231. The van der Waals surface area contributed by atoms with E-state index in [-0.39, 0.29) is 12.2 Å². The lowest BCUT2D eigenvalue weighted by atomic mass is 9.90. The molecule has 2 unspecified atom stereocenters. The number of amides is 1. The Hall–Kier alpha value is -0.730. The van der Waals surface area contributed by atoms with Gasteiger partial charge in [-0.15, -0.1) is 0 Å². The predicted octanol–water partition coefficient (Wildman–Crippen LogP) is 7.05. The van der Waals surface area contributed by atoms with Gasteiger partial charge in [0.05, 0.1) is 0 Å². The molecule has 2 atom stereocenters. The summed E-state index contributed by atoms with van der Waals surface area (Å²) in [6, 6.07) is 0. The van der Waals surface area contributed by atoms with Gasteiger partial charge in [-0.1, -0.05) is 85.5 Å². The average Bonchev–Trinajstić information content (AvgIpc) is 2.55. The standard InChI is InChI=1S/C22H45NO2/c1-7-9-11-13-15-17-21(16-14-12-10-8-2)20(5)25-22(24)23(6)18-19(3)4/h19-21H,7-18H2,1-6H3. The van der Waals surface area contributed by atoms with Crippen molar-refractivity contribution in [2.75, 3.05) is 13.6 Å².